The number of hydrogen-bond acceptors (Lipinski definition) is 10. The number of benzene rings is 2. The fourth-order valence-electron chi connectivity index (χ4n) is 4.92. The molecule has 3 aliphatic heterocycles. The molecule has 0 bridgehead atoms. The molecule has 0 saturated carbocycles. The van der Waals surface area contributed by atoms with Gasteiger partial charge in [0.15, 0.2) is 23.6 Å². The van der Waals surface area contributed by atoms with E-state index in [9.17, 15) is 9.59 Å². The fourth-order valence-corrected chi connectivity index (χ4v) is 4.92. The molecule has 1 fully saturated rings. The molecule has 1 aromatic heterocycles. The van der Waals surface area contributed by atoms with Crippen molar-refractivity contribution in [2.45, 2.75) is 37.9 Å². The number of ether oxygens (including phenoxy) is 2. The lowest BCUT2D eigenvalue weighted by Gasteiger charge is -2.19. The van der Waals surface area contributed by atoms with E-state index in [0.717, 1.165) is 19.3 Å². The van der Waals surface area contributed by atoms with E-state index in [1.165, 1.54) is 21.0 Å². The van der Waals surface area contributed by atoms with Gasteiger partial charge in [0, 0.05) is 5.56 Å². The van der Waals surface area contributed by atoms with Crippen LogP contribution in [-0.2, 0) is 29.0 Å². The molecule has 11 heteroatoms. The van der Waals surface area contributed by atoms with Crippen molar-refractivity contribution < 1.29 is 23.6 Å². The van der Waals surface area contributed by atoms with E-state index < -0.39 is 12.1 Å². The molecule has 1 saturated heterocycles. The number of rotatable bonds is 4. The van der Waals surface area contributed by atoms with Gasteiger partial charge in [-0.1, -0.05) is 16.4 Å². The van der Waals surface area contributed by atoms with Crippen molar-refractivity contribution in [1.82, 2.24) is 15.1 Å². The number of amides is 2. The maximum Gasteiger partial charge on any atom is 0.263 e. The average molecular weight is 458 g/mol. The summed E-state index contributed by atoms with van der Waals surface area (Å²) in [4.78, 5) is 32.0. The molecule has 7 rings (SSSR count). The average Bonchev–Trinajstić information content (AvgIpc) is 3.66. The van der Waals surface area contributed by atoms with Crippen LogP contribution in [0.1, 0.15) is 23.4 Å². The normalized spacial score (nSPS) is 22.1. The number of aromatic nitrogens is 2. The second-order valence-corrected chi connectivity index (χ2v) is 8.59. The van der Waals surface area contributed by atoms with Crippen molar-refractivity contribution in [3.8, 4) is 22.9 Å². The number of anilines is 1. The van der Waals surface area contributed by atoms with Gasteiger partial charge in [0.1, 0.15) is 6.54 Å². The minimum absolute atomic E-state index is 0.0548. The molecule has 4 heterocycles. The molecule has 0 spiro atoms. The molecule has 2 aromatic carbocycles. The number of aryl methyl sites for hydroxylation is 2. The van der Waals surface area contributed by atoms with Crippen molar-refractivity contribution in [2.24, 2.45) is 10.3 Å². The summed E-state index contributed by atoms with van der Waals surface area (Å²) in [6.07, 6.45) is 3.08. The van der Waals surface area contributed by atoms with Crippen LogP contribution >= 0.6 is 0 Å². The summed E-state index contributed by atoms with van der Waals surface area (Å²) in [6, 6.07) is 9.43. The van der Waals surface area contributed by atoms with Crippen LogP contribution in [0.2, 0.25) is 0 Å². The predicted molar refractivity (Wildman–Crippen MR) is 115 cm³/mol. The Balaban J connectivity index is 1.11. The van der Waals surface area contributed by atoms with Crippen LogP contribution in [0.5, 0.6) is 11.5 Å². The summed E-state index contributed by atoms with van der Waals surface area (Å²) < 4.78 is 16.1. The molecule has 0 radical (unpaired) electrons. The SMILES string of the molecule is O=C1[C@H]2N=NN(Cc3nc(-c4ccc5c(c4)OCO5)no3)[C@H]2C(=O)N1c1ccc2c(c1)CCC2. The van der Waals surface area contributed by atoms with Gasteiger partial charge in [-0.15, -0.1) is 0 Å². The van der Waals surface area contributed by atoms with Crippen LogP contribution in [0, 0.1) is 0 Å². The van der Waals surface area contributed by atoms with E-state index in [0.29, 0.717) is 28.6 Å². The van der Waals surface area contributed by atoms with E-state index in [-0.39, 0.29) is 31.0 Å². The van der Waals surface area contributed by atoms with E-state index in [4.69, 9.17) is 14.0 Å². The molecule has 3 aromatic rings. The molecule has 0 unspecified atom stereocenters. The quantitative estimate of drug-likeness (QED) is 0.547. The lowest BCUT2D eigenvalue weighted by molar-refractivity contribution is -0.123. The van der Waals surface area contributed by atoms with Gasteiger partial charge in [0.2, 0.25) is 18.5 Å². The van der Waals surface area contributed by atoms with E-state index in [1.54, 1.807) is 18.2 Å². The molecule has 34 heavy (non-hydrogen) atoms. The van der Waals surface area contributed by atoms with Crippen LogP contribution in [0.4, 0.5) is 5.69 Å². The van der Waals surface area contributed by atoms with E-state index in [1.807, 2.05) is 18.2 Å². The molecular formula is C23H18N6O5. The molecule has 0 N–H and O–H groups in total. The number of fused-ring (bicyclic) bond motifs is 3. The molecule has 2 atom stereocenters. The Kier molecular flexibility index (Phi) is 4.02. The zero-order valence-electron chi connectivity index (χ0n) is 17.9. The third-order valence-corrected chi connectivity index (χ3v) is 6.59. The first-order valence-corrected chi connectivity index (χ1v) is 11.1. The van der Waals surface area contributed by atoms with Gasteiger partial charge in [-0.3, -0.25) is 14.6 Å². The minimum Gasteiger partial charge on any atom is -0.454 e. The van der Waals surface area contributed by atoms with Crippen molar-refractivity contribution >= 4 is 17.5 Å². The Morgan fingerprint density at radius 2 is 1.85 bits per heavy atom. The van der Waals surface area contributed by atoms with Gasteiger partial charge in [0.05, 0.1) is 5.69 Å². The van der Waals surface area contributed by atoms with Gasteiger partial charge in [0.25, 0.3) is 11.8 Å². The van der Waals surface area contributed by atoms with Crippen LogP contribution in [0.25, 0.3) is 11.4 Å². The third kappa shape index (κ3) is 2.82. The van der Waals surface area contributed by atoms with Gasteiger partial charge in [-0.05, 0) is 60.7 Å². The summed E-state index contributed by atoms with van der Waals surface area (Å²) in [6.45, 7) is 0.229. The summed E-state index contributed by atoms with van der Waals surface area (Å²) >= 11 is 0. The smallest absolute Gasteiger partial charge is 0.263 e. The predicted octanol–water partition coefficient (Wildman–Crippen LogP) is 2.45. The lowest BCUT2D eigenvalue weighted by atomic mass is 10.1. The van der Waals surface area contributed by atoms with Crippen molar-refractivity contribution in [1.29, 1.82) is 0 Å². The highest BCUT2D eigenvalue weighted by atomic mass is 16.7. The topological polar surface area (TPSA) is 123 Å². The highest BCUT2D eigenvalue weighted by molar-refractivity contribution is 6.25. The van der Waals surface area contributed by atoms with Crippen LogP contribution < -0.4 is 14.4 Å². The largest absolute Gasteiger partial charge is 0.454 e. The number of carbonyl (C=O) groups excluding carboxylic acids is 2. The van der Waals surface area contributed by atoms with Crippen molar-refractivity contribution in [3.05, 3.63) is 53.4 Å². The summed E-state index contributed by atoms with van der Waals surface area (Å²) in [5.41, 5.74) is 3.76. The number of carbonyl (C=O) groups is 2. The molecule has 1 aliphatic carbocycles. The number of hydrogen-bond donors (Lipinski definition) is 0. The fraction of sp³-hybridized carbons (Fsp3) is 0.304. The number of imide groups is 1. The molecular weight excluding hydrogens is 440 g/mol. The zero-order chi connectivity index (χ0) is 22.8. The monoisotopic (exact) mass is 458 g/mol. The zero-order valence-corrected chi connectivity index (χ0v) is 17.9. The summed E-state index contributed by atoms with van der Waals surface area (Å²) in [5.74, 6) is 1.17. The summed E-state index contributed by atoms with van der Waals surface area (Å²) in [7, 11) is 0. The third-order valence-electron chi connectivity index (χ3n) is 6.59. The molecule has 11 nitrogen and oxygen atoms in total. The van der Waals surface area contributed by atoms with Gasteiger partial charge >= 0.3 is 0 Å². The van der Waals surface area contributed by atoms with E-state index >= 15 is 0 Å². The van der Waals surface area contributed by atoms with Crippen LogP contribution in [0.3, 0.4) is 0 Å². The Bertz CT molecular complexity index is 1380. The minimum atomic E-state index is -0.878. The standard InChI is InChI=1S/C23H18N6O5/c30-22-19-20(23(31)29(22)15-6-4-12-2-1-3-13(12)8-15)28(27-25-19)10-18-24-21(26-34-18)14-5-7-16-17(9-14)33-11-32-16/h4-9,19-20H,1-3,10-11H2/t19-,20+/m0/s1. The first-order valence-electron chi connectivity index (χ1n) is 11.1. The van der Waals surface area contributed by atoms with Crippen molar-refractivity contribution in [2.75, 3.05) is 11.7 Å². The second kappa shape index (κ2) is 7.11. The summed E-state index contributed by atoms with van der Waals surface area (Å²) in [5, 5.41) is 13.6. The highest BCUT2D eigenvalue weighted by Crippen LogP contribution is 2.36. The lowest BCUT2D eigenvalue weighted by Crippen LogP contribution is -2.39. The molecule has 2 amide bonds. The van der Waals surface area contributed by atoms with Crippen molar-refractivity contribution in [3.63, 3.8) is 0 Å². The van der Waals surface area contributed by atoms with Gasteiger partial charge in [-0.2, -0.15) is 10.1 Å². The van der Waals surface area contributed by atoms with E-state index in [2.05, 4.69) is 20.5 Å². The Morgan fingerprint density at radius 3 is 2.79 bits per heavy atom. The number of nitrogens with zero attached hydrogens (tertiary/aromatic N) is 6. The first-order chi connectivity index (χ1) is 16.7. The maximum absolute atomic E-state index is 13.3. The van der Waals surface area contributed by atoms with Gasteiger partial charge in [-0.25, -0.2) is 4.90 Å². The second-order valence-electron chi connectivity index (χ2n) is 8.59. The maximum atomic E-state index is 13.3. The van der Waals surface area contributed by atoms with Gasteiger partial charge < -0.3 is 14.0 Å². The van der Waals surface area contributed by atoms with Crippen LogP contribution in [0.15, 0.2) is 51.3 Å². The highest BCUT2D eigenvalue weighted by Gasteiger charge is 2.55. The first kappa shape index (κ1) is 19.2. The Morgan fingerprint density at radius 1 is 0.971 bits per heavy atom. The molecule has 170 valence electrons. The Hall–Kier alpha value is -4.28. The molecule has 4 aliphatic rings. The van der Waals surface area contributed by atoms with Crippen LogP contribution in [-0.4, -0.2) is 45.8 Å². The Labute approximate surface area is 192 Å².